The van der Waals surface area contributed by atoms with Gasteiger partial charge in [0.25, 0.3) is 0 Å². The van der Waals surface area contributed by atoms with Crippen molar-refractivity contribution >= 4 is 11.6 Å². The maximum absolute atomic E-state index is 5.85. The van der Waals surface area contributed by atoms with Gasteiger partial charge in [0.15, 0.2) is 0 Å². The fourth-order valence-corrected chi connectivity index (χ4v) is 2.72. The van der Waals surface area contributed by atoms with Crippen LogP contribution < -0.4 is 10.1 Å². The van der Waals surface area contributed by atoms with E-state index in [-0.39, 0.29) is 5.54 Å². The fraction of sp³-hybridized carbons (Fsp3) is 0.625. The van der Waals surface area contributed by atoms with Crippen LogP contribution in [-0.2, 0) is 0 Å². The van der Waals surface area contributed by atoms with Crippen LogP contribution in [0.1, 0.15) is 26.7 Å². The molecule has 1 fully saturated rings. The summed E-state index contributed by atoms with van der Waals surface area (Å²) in [6.45, 7) is 9.81. The minimum atomic E-state index is 0.233. The third kappa shape index (κ3) is 4.65. The molecule has 1 N–H and O–H groups in total. The summed E-state index contributed by atoms with van der Waals surface area (Å²) in [4.78, 5) is 2.57. The molecule has 1 aromatic rings. The molecule has 1 aromatic carbocycles. The zero-order valence-electron chi connectivity index (χ0n) is 12.5. The smallest absolute Gasteiger partial charge is 0.119 e. The van der Waals surface area contributed by atoms with Gasteiger partial charge in [-0.2, -0.15) is 0 Å². The van der Waals surface area contributed by atoms with E-state index >= 15 is 0 Å². The van der Waals surface area contributed by atoms with Crippen molar-refractivity contribution < 1.29 is 4.74 Å². The lowest BCUT2D eigenvalue weighted by Gasteiger charge is -2.36. The van der Waals surface area contributed by atoms with Gasteiger partial charge in [0.2, 0.25) is 0 Å². The van der Waals surface area contributed by atoms with Gasteiger partial charge in [-0.05, 0) is 64.0 Å². The summed E-state index contributed by atoms with van der Waals surface area (Å²) in [5.41, 5.74) is 0.233. The molecule has 1 heterocycles. The second kappa shape index (κ2) is 7.30. The fourth-order valence-electron chi connectivity index (χ4n) is 2.59. The number of hydrogen-bond acceptors (Lipinski definition) is 3. The van der Waals surface area contributed by atoms with Crippen LogP contribution in [-0.4, -0.2) is 43.2 Å². The molecule has 0 aliphatic carbocycles. The number of halogens is 1. The van der Waals surface area contributed by atoms with E-state index in [1.807, 2.05) is 24.3 Å². The van der Waals surface area contributed by atoms with Crippen molar-refractivity contribution in [3.05, 3.63) is 29.3 Å². The Balaban J connectivity index is 1.73. The Morgan fingerprint density at radius 3 is 2.80 bits per heavy atom. The Bertz CT molecular complexity index is 405. The molecule has 112 valence electrons. The molecule has 0 bridgehead atoms. The van der Waals surface area contributed by atoms with Gasteiger partial charge < -0.3 is 10.1 Å². The lowest BCUT2D eigenvalue weighted by Crippen LogP contribution is -2.49. The first-order chi connectivity index (χ1) is 9.58. The molecule has 0 unspecified atom stereocenters. The van der Waals surface area contributed by atoms with Crippen LogP contribution in [0.5, 0.6) is 5.75 Å². The monoisotopic (exact) mass is 296 g/mol. The van der Waals surface area contributed by atoms with Crippen LogP contribution in [0.2, 0.25) is 5.02 Å². The highest BCUT2D eigenvalue weighted by Gasteiger charge is 2.27. The van der Waals surface area contributed by atoms with E-state index in [0.29, 0.717) is 0 Å². The molecule has 0 radical (unpaired) electrons. The second-order valence-corrected chi connectivity index (χ2v) is 6.42. The number of rotatable bonds is 5. The van der Waals surface area contributed by atoms with Crippen LogP contribution in [0.4, 0.5) is 0 Å². The number of hydrogen-bond donors (Lipinski definition) is 1. The van der Waals surface area contributed by atoms with Gasteiger partial charge in [-0.25, -0.2) is 0 Å². The predicted molar refractivity (Wildman–Crippen MR) is 84.7 cm³/mol. The van der Waals surface area contributed by atoms with Crippen molar-refractivity contribution in [1.29, 1.82) is 0 Å². The van der Waals surface area contributed by atoms with Crippen LogP contribution in [0.3, 0.4) is 0 Å². The summed E-state index contributed by atoms with van der Waals surface area (Å²) in [6.07, 6.45) is 2.27. The number of nitrogens with one attached hydrogen (secondary N) is 1. The lowest BCUT2D eigenvalue weighted by atomic mass is 10.0. The molecule has 0 atom stereocenters. The van der Waals surface area contributed by atoms with Gasteiger partial charge in [0.1, 0.15) is 5.75 Å². The van der Waals surface area contributed by atoms with E-state index in [0.717, 1.165) is 43.4 Å². The molecule has 1 aliphatic heterocycles. The Labute approximate surface area is 127 Å². The third-order valence-electron chi connectivity index (χ3n) is 3.85. The summed E-state index contributed by atoms with van der Waals surface area (Å²) in [5, 5.41) is 4.25. The molecular weight excluding hydrogens is 272 g/mol. The van der Waals surface area contributed by atoms with Crippen LogP contribution in [0.15, 0.2) is 24.3 Å². The molecule has 0 aromatic heterocycles. The summed E-state index contributed by atoms with van der Waals surface area (Å²) >= 11 is 5.85. The number of ether oxygens (including phenoxy) is 1. The molecule has 3 nitrogen and oxygen atoms in total. The normalized spacial score (nSPS) is 19.6. The minimum Gasteiger partial charge on any atom is -0.494 e. The molecule has 20 heavy (non-hydrogen) atoms. The number of benzene rings is 1. The van der Waals surface area contributed by atoms with E-state index in [9.17, 15) is 0 Å². The molecule has 1 aliphatic rings. The Morgan fingerprint density at radius 1 is 1.30 bits per heavy atom. The number of nitrogens with zero attached hydrogens (tertiary/aromatic N) is 1. The summed E-state index contributed by atoms with van der Waals surface area (Å²) in [6, 6.07) is 7.56. The van der Waals surface area contributed by atoms with Crippen LogP contribution in [0, 0.1) is 0 Å². The van der Waals surface area contributed by atoms with Gasteiger partial charge in [-0.1, -0.05) is 11.6 Å². The first-order valence-electron chi connectivity index (χ1n) is 7.42. The van der Waals surface area contributed by atoms with E-state index in [1.54, 1.807) is 0 Å². The molecular formula is C16H25ClN2O. The van der Waals surface area contributed by atoms with Crippen molar-refractivity contribution in [2.75, 3.05) is 32.8 Å². The molecule has 1 saturated heterocycles. The van der Waals surface area contributed by atoms with E-state index < -0.39 is 0 Å². The van der Waals surface area contributed by atoms with Crippen molar-refractivity contribution in [2.24, 2.45) is 0 Å². The highest BCUT2D eigenvalue weighted by atomic mass is 35.5. The Hall–Kier alpha value is -0.770. The van der Waals surface area contributed by atoms with Crippen molar-refractivity contribution in [3.8, 4) is 5.75 Å². The topological polar surface area (TPSA) is 24.5 Å². The maximum Gasteiger partial charge on any atom is 0.119 e. The van der Waals surface area contributed by atoms with Gasteiger partial charge in [-0.3, -0.25) is 4.90 Å². The molecule has 0 saturated carbocycles. The highest BCUT2D eigenvalue weighted by molar-refractivity contribution is 6.30. The molecule has 2 rings (SSSR count). The first-order valence-corrected chi connectivity index (χ1v) is 7.80. The molecule has 0 spiro atoms. The van der Waals surface area contributed by atoms with Gasteiger partial charge >= 0.3 is 0 Å². The van der Waals surface area contributed by atoms with Crippen molar-refractivity contribution in [2.45, 2.75) is 32.2 Å². The zero-order valence-corrected chi connectivity index (χ0v) is 13.2. The van der Waals surface area contributed by atoms with Gasteiger partial charge in [0, 0.05) is 23.7 Å². The summed E-state index contributed by atoms with van der Waals surface area (Å²) in [5.74, 6) is 0.895. The predicted octanol–water partition coefficient (Wildman–Crippen LogP) is 3.18. The first kappa shape index (κ1) is 15.6. The average Bonchev–Trinajstić information content (AvgIpc) is 2.58. The van der Waals surface area contributed by atoms with Crippen LogP contribution >= 0.6 is 11.6 Å². The van der Waals surface area contributed by atoms with E-state index in [1.165, 1.54) is 13.0 Å². The lowest BCUT2D eigenvalue weighted by molar-refractivity contribution is 0.123. The highest BCUT2D eigenvalue weighted by Crippen LogP contribution is 2.18. The van der Waals surface area contributed by atoms with Gasteiger partial charge in [0.05, 0.1) is 6.61 Å². The zero-order chi connectivity index (χ0) is 14.4. The standard InChI is InChI=1S/C16H25ClN2O/c1-16(2)13-18-9-3-10-19(16)11-4-12-20-15-7-5-14(17)6-8-15/h5-8,18H,3-4,9-13H2,1-2H3. The maximum atomic E-state index is 5.85. The Morgan fingerprint density at radius 2 is 2.05 bits per heavy atom. The second-order valence-electron chi connectivity index (χ2n) is 5.99. The van der Waals surface area contributed by atoms with Crippen molar-refractivity contribution in [1.82, 2.24) is 10.2 Å². The van der Waals surface area contributed by atoms with E-state index in [4.69, 9.17) is 16.3 Å². The summed E-state index contributed by atoms with van der Waals surface area (Å²) in [7, 11) is 0. The largest absolute Gasteiger partial charge is 0.494 e. The SMILES string of the molecule is CC1(C)CNCCCN1CCCOc1ccc(Cl)cc1. The van der Waals surface area contributed by atoms with Gasteiger partial charge in [-0.15, -0.1) is 0 Å². The molecule has 0 amide bonds. The minimum absolute atomic E-state index is 0.233. The molecule has 4 heteroatoms. The summed E-state index contributed by atoms with van der Waals surface area (Å²) < 4.78 is 5.75. The quantitative estimate of drug-likeness (QED) is 0.845. The third-order valence-corrected chi connectivity index (χ3v) is 4.10. The van der Waals surface area contributed by atoms with Crippen LogP contribution in [0.25, 0.3) is 0 Å². The van der Waals surface area contributed by atoms with E-state index in [2.05, 4.69) is 24.1 Å². The van der Waals surface area contributed by atoms with Crippen molar-refractivity contribution in [3.63, 3.8) is 0 Å². The average molecular weight is 297 g/mol. The Kier molecular flexibility index (Phi) is 5.70.